The van der Waals surface area contributed by atoms with Crippen molar-refractivity contribution in [1.82, 2.24) is 0 Å². The molecule has 0 aromatic heterocycles. The third-order valence-electron chi connectivity index (χ3n) is 5.36. The topological polar surface area (TPSA) is 35.9 Å². The molecular weight excluding hydrogens is 458 g/mol. The number of fused-ring (bicyclic) bond motifs is 1. The number of aryl methyl sites for hydroxylation is 2. The highest BCUT2D eigenvalue weighted by molar-refractivity contribution is 8.20. The molecule has 0 atom stereocenters. The Bertz CT molecular complexity index is 1320. The molecule has 4 nitrogen and oxygen atoms in total. The van der Waals surface area contributed by atoms with E-state index >= 15 is 0 Å². The highest BCUT2D eigenvalue weighted by atomic mass is 35.5. The van der Waals surface area contributed by atoms with Crippen LogP contribution in [0.4, 0.5) is 17.1 Å². The summed E-state index contributed by atoms with van der Waals surface area (Å²) in [6.07, 6.45) is 0. The Labute approximate surface area is 201 Å². The summed E-state index contributed by atoms with van der Waals surface area (Å²) in [5.41, 5.74) is 4.83. The van der Waals surface area contributed by atoms with Crippen molar-refractivity contribution in [3.05, 3.63) is 92.8 Å². The third-order valence-corrected chi connectivity index (χ3v) is 7.99. The maximum absolute atomic E-state index is 13.8. The fourth-order valence-electron chi connectivity index (χ4n) is 3.68. The average Bonchev–Trinajstić information content (AvgIpc) is 3.26. The van der Waals surface area contributed by atoms with Crippen molar-refractivity contribution in [3.63, 3.8) is 0 Å². The molecule has 0 bridgehead atoms. The molecule has 2 aliphatic rings. The molecule has 7 heteroatoms. The third kappa shape index (κ3) is 3.72. The number of amides is 1. The Hall–Kier alpha value is -2.67. The van der Waals surface area contributed by atoms with Gasteiger partial charge in [-0.1, -0.05) is 53.7 Å². The van der Waals surface area contributed by atoms with Gasteiger partial charge in [-0.15, -0.1) is 0 Å². The summed E-state index contributed by atoms with van der Waals surface area (Å²) in [5.74, 6) is -0.0683. The van der Waals surface area contributed by atoms with Crippen LogP contribution in [0.15, 0.2) is 86.6 Å². The molecule has 1 fully saturated rings. The Morgan fingerprint density at radius 2 is 1.75 bits per heavy atom. The van der Waals surface area contributed by atoms with Gasteiger partial charge in [-0.25, -0.2) is 4.99 Å². The fourth-order valence-corrected chi connectivity index (χ4v) is 6.17. The predicted molar refractivity (Wildman–Crippen MR) is 137 cm³/mol. The lowest BCUT2D eigenvalue weighted by atomic mass is 10.2. The van der Waals surface area contributed by atoms with Crippen LogP contribution in [0.2, 0.25) is 5.02 Å². The van der Waals surface area contributed by atoms with Crippen molar-refractivity contribution in [1.29, 1.82) is 0 Å². The first kappa shape index (κ1) is 21.2. The van der Waals surface area contributed by atoms with Gasteiger partial charge in [0.05, 0.1) is 22.1 Å². The minimum Gasteiger partial charge on any atom is -0.337 e. The first-order valence-electron chi connectivity index (χ1n) is 10.1. The molecule has 0 saturated carbocycles. The van der Waals surface area contributed by atoms with Crippen LogP contribution in [0.5, 0.6) is 0 Å². The van der Waals surface area contributed by atoms with E-state index < -0.39 is 0 Å². The Kier molecular flexibility index (Phi) is 5.53. The molecule has 2 aliphatic heterocycles. The summed E-state index contributed by atoms with van der Waals surface area (Å²) in [7, 11) is 1.97. The second-order valence-corrected chi connectivity index (χ2v) is 10.1. The minimum absolute atomic E-state index is 0.0683. The van der Waals surface area contributed by atoms with Crippen molar-refractivity contribution >= 4 is 63.3 Å². The number of nitrogens with zero attached hydrogens (tertiary/aromatic N) is 3. The lowest BCUT2D eigenvalue weighted by Gasteiger charge is -2.17. The molecule has 160 valence electrons. The van der Waals surface area contributed by atoms with E-state index in [1.165, 1.54) is 11.8 Å². The van der Waals surface area contributed by atoms with E-state index in [1.807, 2.05) is 92.5 Å². The monoisotopic (exact) mass is 477 g/mol. The number of hydrogen-bond donors (Lipinski definition) is 0. The summed E-state index contributed by atoms with van der Waals surface area (Å²) in [4.78, 5) is 24.2. The number of halogens is 1. The van der Waals surface area contributed by atoms with Gasteiger partial charge in [-0.05, 0) is 73.1 Å². The van der Waals surface area contributed by atoms with E-state index in [0.717, 1.165) is 38.1 Å². The van der Waals surface area contributed by atoms with Gasteiger partial charge in [-0.3, -0.25) is 9.69 Å². The van der Waals surface area contributed by atoms with Gasteiger partial charge in [0.1, 0.15) is 4.91 Å². The van der Waals surface area contributed by atoms with Crippen LogP contribution in [0, 0.1) is 13.8 Å². The van der Waals surface area contributed by atoms with Gasteiger partial charge in [-0.2, -0.15) is 0 Å². The summed E-state index contributed by atoms with van der Waals surface area (Å²) < 4.78 is 0. The number of aliphatic imine (C=N–C) groups is 1. The molecule has 3 aromatic rings. The van der Waals surface area contributed by atoms with Gasteiger partial charge >= 0.3 is 0 Å². The van der Waals surface area contributed by atoms with E-state index in [9.17, 15) is 4.79 Å². The van der Waals surface area contributed by atoms with Crippen LogP contribution in [-0.2, 0) is 4.79 Å². The zero-order valence-corrected chi connectivity index (χ0v) is 20.2. The number of amidine groups is 1. The van der Waals surface area contributed by atoms with Crippen LogP contribution in [0.1, 0.15) is 11.1 Å². The SMILES string of the molecule is Cc1cccc(N2C(=O)C(=C3Sc4ccc(Cl)cc4N3C)SC2=Nc2ccccc2C)c1. The highest BCUT2D eigenvalue weighted by Gasteiger charge is 2.40. The molecule has 0 N–H and O–H groups in total. The van der Waals surface area contributed by atoms with E-state index in [1.54, 1.807) is 16.7 Å². The van der Waals surface area contributed by atoms with Gasteiger partial charge in [0.25, 0.3) is 5.91 Å². The van der Waals surface area contributed by atoms with Crippen molar-refractivity contribution < 1.29 is 4.79 Å². The Morgan fingerprint density at radius 1 is 0.938 bits per heavy atom. The largest absolute Gasteiger partial charge is 0.337 e. The summed E-state index contributed by atoms with van der Waals surface area (Å²) in [6.45, 7) is 4.05. The van der Waals surface area contributed by atoms with Gasteiger partial charge in [0.2, 0.25) is 0 Å². The molecule has 1 amide bonds. The van der Waals surface area contributed by atoms with Gasteiger partial charge in [0, 0.05) is 17.0 Å². The van der Waals surface area contributed by atoms with Gasteiger partial charge in [0.15, 0.2) is 5.17 Å². The van der Waals surface area contributed by atoms with Crippen molar-refractivity contribution in [3.8, 4) is 0 Å². The molecule has 1 saturated heterocycles. The summed E-state index contributed by atoms with van der Waals surface area (Å²) in [5, 5.41) is 2.22. The fraction of sp³-hybridized carbons (Fsp3) is 0.120. The van der Waals surface area contributed by atoms with Crippen LogP contribution >= 0.6 is 35.1 Å². The number of carbonyl (C=O) groups excluding carboxylic acids is 1. The minimum atomic E-state index is -0.0683. The standard InChI is InChI=1S/C25H20ClN3OS2/c1-15-7-6-9-18(13-15)29-23(30)22(32-25(29)27-19-10-5-4-8-16(19)2)24-28(3)20-14-17(26)11-12-21(20)31-24/h4-14H,1-3H3. The summed E-state index contributed by atoms with van der Waals surface area (Å²) >= 11 is 9.23. The first-order chi connectivity index (χ1) is 15.4. The zero-order chi connectivity index (χ0) is 22.4. The molecule has 0 radical (unpaired) electrons. The smallest absolute Gasteiger partial charge is 0.274 e. The number of para-hydroxylation sites is 1. The molecule has 2 heterocycles. The second-order valence-electron chi connectivity index (χ2n) is 7.67. The lowest BCUT2D eigenvalue weighted by molar-refractivity contribution is -0.113. The average molecular weight is 478 g/mol. The quantitative estimate of drug-likeness (QED) is 0.367. The van der Waals surface area contributed by atoms with E-state index in [2.05, 4.69) is 0 Å². The number of hydrogen-bond acceptors (Lipinski definition) is 5. The Morgan fingerprint density at radius 3 is 2.53 bits per heavy atom. The zero-order valence-electron chi connectivity index (χ0n) is 17.8. The summed E-state index contributed by atoms with van der Waals surface area (Å²) in [6, 6.07) is 21.7. The number of rotatable bonds is 2. The Balaban J connectivity index is 1.64. The van der Waals surface area contributed by atoms with Crippen LogP contribution < -0.4 is 9.80 Å². The maximum atomic E-state index is 13.8. The second kappa shape index (κ2) is 8.35. The number of anilines is 2. The van der Waals surface area contributed by atoms with Crippen molar-refractivity contribution in [2.75, 3.05) is 16.8 Å². The number of carbonyl (C=O) groups is 1. The first-order valence-corrected chi connectivity index (χ1v) is 12.1. The van der Waals surface area contributed by atoms with E-state index in [4.69, 9.17) is 16.6 Å². The molecule has 0 aliphatic carbocycles. The van der Waals surface area contributed by atoms with Crippen molar-refractivity contribution in [2.45, 2.75) is 18.7 Å². The molecular formula is C25H20ClN3OS2. The van der Waals surface area contributed by atoms with E-state index in [0.29, 0.717) is 15.1 Å². The molecule has 5 rings (SSSR count). The van der Waals surface area contributed by atoms with Gasteiger partial charge < -0.3 is 4.90 Å². The van der Waals surface area contributed by atoms with E-state index in [-0.39, 0.29) is 5.91 Å². The maximum Gasteiger partial charge on any atom is 0.274 e. The number of benzene rings is 3. The normalized spacial score (nSPS) is 19.2. The molecule has 32 heavy (non-hydrogen) atoms. The predicted octanol–water partition coefficient (Wildman–Crippen LogP) is 7.14. The number of thioether (sulfide) groups is 2. The highest BCUT2D eigenvalue weighted by Crippen LogP contribution is 2.51. The lowest BCUT2D eigenvalue weighted by Crippen LogP contribution is -2.29. The molecule has 3 aromatic carbocycles. The van der Waals surface area contributed by atoms with Crippen LogP contribution in [-0.4, -0.2) is 18.1 Å². The molecule has 0 unspecified atom stereocenters. The molecule has 0 spiro atoms. The van der Waals surface area contributed by atoms with Crippen molar-refractivity contribution in [2.24, 2.45) is 4.99 Å². The van der Waals surface area contributed by atoms with Crippen LogP contribution in [0.25, 0.3) is 0 Å². The van der Waals surface area contributed by atoms with Crippen LogP contribution in [0.3, 0.4) is 0 Å².